The minimum absolute atomic E-state index is 0.00664. The van der Waals surface area contributed by atoms with Gasteiger partial charge in [-0.15, -0.1) is 0 Å². The number of carbonyl (C=O) groups excluding carboxylic acids is 2. The summed E-state index contributed by atoms with van der Waals surface area (Å²) in [4.78, 5) is 26.2. The van der Waals surface area contributed by atoms with Crippen molar-refractivity contribution in [3.63, 3.8) is 0 Å². The predicted molar refractivity (Wildman–Crippen MR) is 97.6 cm³/mol. The molecule has 1 aromatic rings. The minimum Gasteiger partial charge on any atom is -0.460 e. The number of esters is 1. The minimum atomic E-state index is -0.513. The maximum atomic E-state index is 12.4. The average molecular weight is 363 g/mol. The van der Waals surface area contributed by atoms with Crippen LogP contribution in [0, 0.1) is 5.92 Å². The molecule has 6 nitrogen and oxygen atoms in total. The van der Waals surface area contributed by atoms with Crippen LogP contribution in [0.25, 0.3) is 0 Å². The topological polar surface area (TPSA) is 65.1 Å². The van der Waals surface area contributed by atoms with Crippen LogP contribution in [0.3, 0.4) is 0 Å². The van der Waals surface area contributed by atoms with Crippen LogP contribution in [0.5, 0.6) is 0 Å². The lowest BCUT2D eigenvalue weighted by Gasteiger charge is -2.36. The first-order valence-electron chi connectivity index (χ1n) is 8.97. The van der Waals surface area contributed by atoms with Crippen LogP contribution in [0.2, 0.25) is 0 Å². The summed E-state index contributed by atoms with van der Waals surface area (Å²) in [5.74, 6) is -0.260. The highest BCUT2D eigenvalue weighted by atomic mass is 16.6. The fourth-order valence-corrected chi connectivity index (χ4v) is 3.05. The van der Waals surface area contributed by atoms with Gasteiger partial charge in [-0.2, -0.15) is 0 Å². The van der Waals surface area contributed by atoms with E-state index in [9.17, 15) is 9.59 Å². The Morgan fingerprint density at radius 3 is 2.46 bits per heavy atom. The summed E-state index contributed by atoms with van der Waals surface area (Å²) in [6.07, 6.45) is 0.489. The van der Waals surface area contributed by atoms with E-state index in [2.05, 4.69) is 0 Å². The Hall–Kier alpha value is -2.08. The maximum Gasteiger partial charge on any atom is 0.410 e. The highest BCUT2D eigenvalue weighted by molar-refractivity contribution is 5.71. The molecule has 1 aliphatic heterocycles. The SMILES string of the molecule is CO[C@@H]1C[C@@H](CC(=O)OC(C)(C)C)CN(C(=O)OCc2ccccc2)C1. The fourth-order valence-electron chi connectivity index (χ4n) is 3.05. The van der Waals surface area contributed by atoms with Crippen molar-refractivity contribution in [3.05, 3.63) is 35.9 Å². The van der Waals surface area contributed by atoms with Crippen LogP contribution in [0.1, 0.15) is 39.2 Å². The number of hydrogen-bond donors (Lipinski definition) is 0. The van der Waals surface area contributed by atoms with Gasteiger partial charge in [0, 0.05) is 13.7 Å². The Kier molecular flexibility index (Phi) is 7.03. The molecule has 0 N–H and O–H groups in total. The van der Waals surface area contributed by atoms with Crippen molar-refractivity contribution in [2.24, 2.45) is 5.92 Å². The number of ether oxygens (including phenoxy) is 3. The maximum absolute atomic E-state index is 12.4. The van der Waals surface area contributed by atoms with Gasteiger partial charge in [-0.1, -0.05) is 30.3 Å². The second kappa shape index (κ2) is 9.03. The molecule has 2 atom stereocenters. The summed E-state index contributed by atoms with van der Waals surface area (Å²) in [5.41, 5.74) is 0.423. The van der Waals surface area contributed by atoms with E-state index in [0.717, 1.165) is 12.0 Å². The van der Waals surface area contributed by atoms with Crippen molar-refractivity contribution in [3.8, 4) is 0 Å². The molecule has 26 heavy (non-hydrogen) atoms. The van der Waals surface area contributed by atoms with E-state index in [0.29, 0.717) is 13.1 Å². The Bertz CT molecular complexity index is 596. The Morgan fingerprint density at radius 1 is 1.15 bits per heavy atom. The van der Waals surface area contributed by atoms with Crippen LogP contribution < -0.4 is 0 Å². The molecule has 0 bridgehead atoms. The monoisotopic (exact) mass is 363 g/mol. The molecule has 0 spiro atoms. The summed E-state index contributed by atoms with van der Waals surface area (Å²) >= 11 is 0. The van der Waals surface area contributed by atoms with E-state index in [1.54, 1.807) is 12.0 Å². The van der Waals surface area contributed by atoms with E-state index in [-0.39, 0.29) is 37.1 Å². The number of amides is 1. The Balaban J connectivity index is 1.90. The van der Waals surface area contributed by atoms with E-state index >= 15 is 0 Å². The molecule has 1 amide bonds. The molecular formula is C20H29NO5. The highest BCUT2D eigenvalue weighted by Gasteiger charge is 2.33. The second-order valence-corrected chi connectivity index (χ2v) is 7.70. The van der Waals surface area contributed by atoms with Crippen molar-refractivity contribution in [1.29, 1.82) is 0 Å². The molecule has 0 unspecified atom stereocenters. The smallest absolute Gasteiger partial charge is 0.410 e. The lowest BCUT2D eigenvalue weighted by molar-refractivity contribution is -0.156. The molecular weight excluding hydrogens is 334 g/mol. The zero-order valence-electron chi connectivity index (χ0n) is 16.1. The van der Waals surface area contributed by atoms with Crippen molar-refractivity contribution in [1.82, 2.24) is 4.90 Å². The van der Waals surface area contributed by atoms with Crippen molar-refractivity contribution >= 4 is 12.1 Å². The normalized spacial score (nSPS) is 20.5. The zero-order valence-corrected chi connectivity index (χ0v) is 16.1. The van der Waals surface area contributed by atoms with Gasteiger partial charge < -0.3 is 19.1 Å². The van der Waals surface area contributed by atoms with Crippen LogP contribution in [-0.2, 0) is 25.6 Å². The Labute approximate surface area is 155 Å². The third-order valence-corrected chi connectivity index (χ3v) is 4.17. The molecule has 1 aliphatic rings. The summed E-state index contributed by atoms with van der Waals surface area (Å²) < 4.78 is 16.3. The number of rotatable bonds is 5. The molecule has 0 aliphatic carbocycles. The van der Waals surface area contributed by atoms with Gasteiger partial charge in [-0.25, -0.2) is 4.79 Å². The fraction of sp³-hybridized carbons (Fsp3) is 0.600. The standard InChI is InChI=1S/C20H29NO5/c1-20(2,3)26-18(22)11-16-10-17(24-4)13-21(12-16)19(23)25-14-15-8-6-5-7-9-15/h5-9,16-17H,10-14H2,1-4H3/t16-,17+/m0/s1. The first-order chi connectivity index (χ1) is 12.3. The van der Waals surface area contributed by atoms with Crippen molar-refractivity contribution < 1.29 is 23.8 Å². The summed E-state index contributed by atoms with van der Waals surface area (Å²) in [6, 6.07) is 9.55. The van der Waals surface area contributed by atoms with Gasteiger partial charge in [-0.05, 0) is 38.7 Å². The van der Waals surface area contributed by atoms with Crippen LogP contribution in [0.15, 0.2) is 30.3 Å². The van der Waals surface area contributed by atoms with Gasteiger partial charge in [0.25, 0.3) is 0 Å². The van der Waals surface area contributed by atoms with E-state index in [4.69, 9.17) is 14.2 Å². The number of nitrogens with zero attached hydrogens (tertiary/aromatic N) is 1. The average Bonchev–Trinajstić information content (AvgIpc) is 2.58. The molecule has 0 saturated carbocycles. The number of hydrogen-bond acceptors (Lipinski definition) is 5. The zero-order chi connectivity index (χ0) is 19.2. The van der Waals surface area contributed by atoms with Crippen LogP contribution >= 0.6 is 0 Å². The van der Waals surface area contributed by atoms with E-state index in [1.165, 1.54) is 0 Å². The molecule has 0 radical (unpaired) electrons. The Morgan fingerprint density at radius 2 is 1.85 bits per heavy atom. The molecule has 0 aromatic heterocycles. The highest BCUT2D eigenvalue weighted by Crippen LogP contribution is 2.24. The lowest BCUT2D eigenvalue weighted by Crippen LogP contribution is -2.47. The number of carbonyl (C=O) groups is 2. The first kappa shape index (κ1) is 20.2. The largest absolute Gasteiger partial charge is 0.460 e. The summed E-state index contributed by atoms with van der Waals surface area (Å²) in [7, 11) is 1.62. The molecule has 1 aromatic carbocycles. The summed E-state index contributed by atoms with van der Waals surface area (Å²) in [6.45, 7) is 6.69. The quantitative estimate of drug-likeness (QED) is 0.750. The lowest BCUT2D eigenvalue weighted by atomic mass is 9.93. The van der Waals surface area contributed by atoms with E-state index in [1.807, 2.05) is 51.1 Å². The van der Waals surface area contributed by atoms with Crippen LogP contribution in [-0.4, -0.2) is 48.9 Å². The number of likely N-dealkylation sites (tertiary alicyclic amines) is 1. The third-order valence-electron chi connectivity index (χ3n) is 4.17. The first-order valence-corrected chi connectivity index (χ1v) is 8.97. The molecule has 1 saturated heterocycles. The van der Waals surface area contributed by atoms with Gasteiger partial charge in [0.15, 0.2) is 0 Å². The third kappa shape index (κ3) is 6.67. The molecule has 6 heteroatoms. The number of piperidine rings is 1. The molecule has 1 fully saturated rings. The summed E-state index contributed by atoms with van der Waals surface area (Å²) in [5, 5.41) is 0. The van der Waals surface area contributed by atoms with Gasteiger partial charge in [-0.3, -0.25) is 4.79 Å². The van der Waals surface area contributed by atoms with Gasteiger partial charge in [0.05, 0.1) is 19.1 Å². The number of benzene rings is 1. The van der Waals surface area contributed by atoms with E-state index < -0.39 is 5.60 Å². The van der Waals surface area contributed by atoms with Gasteiger partial charge in [0.1, 0.15) is 12.2 Å². The second-order valence-electron chi connectivity index (χ2n) is 7.70. The molecule has 144 valence electrons. The molecule has 2 rings (SSSR count). The molecule has 1 heterocycles. The van der Waals surface area contributed by atoms with Gasteiger partial charge in [0.2, 0.25) is 0 Å². The predicted octanol–water partition coefficient (Wildman–Crippen LogP) is 3.39. The van der Waals surface area contributed by atoms with Gasteiger partial charge >= 0.3 is 12.1 Å². The van der Waals surface area contributed by atoms with Crippen LogP contribution in [0.4, 0.5) is 4.79 Å². The number of methoxy groups -OCH3 is 1. The van der Waals surface area contributed by atoms with Crippen molar-refractivity contribution in [2.45, 2.75) is 51.9 Å². The van der Waals surface area contributed by atoms with Crippen molar-refractivity contribution in [2.75, 3.05) is 20.2 Å².